The lowest BCUT2D eigenvalue weighted by Gasteiger charge is -2.00. The molecule has 0 atom stereocenters. The van der Waals surface area contributed by atoms with E-state index in [-0.39, 0.29) is 5.56 Å². The number of benzene rings is 1. The molecule has 0 aliphatic rings. The zero-order chi connectivity index (χ0) is 9.14. The molecule has 0 spiro atoms. The van der Waals surface area contributed by atoms with E-state index >= 15 is 0 Å². The van der Waals surface area contributed by atoms with E-state index in [2.05, 4.69) is 5.32 Å². The molecule has 1 aromatic carbocycles. The molecular formula is C8H7ClFNO. The summed E-state index contributed by atoms with van der Waals surface area (Å²) in [5, 5.41) is 2.65. The molecule has 0 fully saturated rings. The van der Waals surface area contributed by atoms with Crippen LogP contribution in [0.5, 0.6) is 0 Å². The highest BCUT2D eigenvalue weighted by Crippen LogP contribution is 2.14. The fraction of sp³-hybridized carbons (Fsp3) is 0.125. The maximum atomic E-state index is 12.9. The lowest BCUT2D eigenvalue weighted by molar-refractivity contribution is 0.0959. The Morgan fingerprint density at radius 1 is 1.58 bits per heavy atom. The van der Waals surface area contributed by atoms with E-state index in [0.717, 1.165) is 6.07 Å². The monoisotopic (exact) mass is 187 g/mol. The highest BCUT2D eigenvalue weighted by molar-refractivity contribution is 6.30. The molecule has 0 saturated heterocycles. The second kappa shape index (κ2) is 3.54. The smallest absolute Gasteiger partial charge is 0.254 e. The van der Waals surface area contributed by atoms with E-state index in [1.165, 1.54) is 19.2 Å². The minimum absolute atomic E-state index is 0.0370. The fourth-order valence-electron chi connectivity index (χ4n) is 0.806. The summed E-state index contributed by atoms with van der Waals surface area (Å²) in [5.74, 6) is -1.05. The van der Waals surface area contributed by atoms with Crippen molar-refractivity contribution in [1.82, 2.24) is 5.32 Å². The SMILES string of the molecule is CNC(=O)c1cc(Cl)ccc1F. The summed E-state index contributed by atoms with van der Waals surface area (Å²) in [6.07, 6.45) is 0. The number of carbonyl (C=O) groups excluding carboxylic acids is 1. The van der Waals surface area contributed by atoms with Gasteiger partial charge in [0.1, 0.15) is 5.82 Å². The number of nitrogens with one attached hydrogen (secondary N) is 1. The topological polar surface area (TPSA) is 29.1 Å². The predicted octanol–water partition coefficient (Wildman–Crippen LogP) is 1.84. The molecule has 0 aromatic heterocycles. The van der Waals surface area contributed by atoms with Crippen molar-refractivity contribution in [3.8, 4) is 0 Å². The third-order valence-electron chi connectivity index (χ3n) is 1.40. The number of hydrogen-bond acceptors (Lipinski definition) is 1. The molecule has 0 heterocycles. The van der Waals surface area contributed by atoms with Crippen LogP contribution in [-0.2, 0) is 0 Å². The molecule has 0 bridgehead atoms. The lowest BCUT2D eigenvalue weighted by Crippen LogP contribution is -2.19. The summed E-state index contributed by atoms with van der Waals surface area (Å²) in [6, 6.07) is 3.84. The van der Waals surface area contributed by atoms with Gasteiger partial charge in [0, 0.05) is 12.1 Å². The van der Waals surface area contributed by atoms with Crippen molar-refractivity contribution < 1.29 is 9.18 Å². The molecule has 12 heavy (non-hydrogen) atoms. The van der Waals surface area contributed by atoms with Crippen LogP contribution in [-0.4, -0.2) is 13.0 Å². The largest absolute Gasteiger partial charge is 0.355 e. The van der Waals surface area contributed by atoms with E-state index in [4.69, 9.17) is 11.6 Å². The minimum atomic E-state index is -0.571. The fourth-order valence-corrected chi connectivity index (χ4v) is 0.978. The molecule has 0 unspecified atom stereocenters. The van der Waals surface area contributed by atoms with Crippen LogP contribution in [0.1, 0.15) is 10.4 Å². The van der Waals surface area contributed by atoms with Gasteiger partial charge in [-0.25, -0.2) is 4.39 Å². The van der Waals surface area contributed by atoms with Gasteiger partial charge in [-0.1, -0.05) is 11.6 Å². The Hall–Kier alpha value is -1.09. The summed E-state index contributed by atoms with van der Waals surface area (Å²) in [7, 11) is 1.43. The third kappa shape index (κ3) is 1.74. The molecule has 0 aliphatic heterocycles. The highest BCUT2D eigenvalue weighted by atomic mass is 35.5. The van der Waals surface area contributed by atoms with Gasteiger partial charge in [0.15, 0.2) is 0 Å². The van der Waals surface area contributed by atoms with Gasteiger partial charge >= 0.3 is 0 Å². The predicted molar refractivity (Wildman–Crippen MR) is 44.8 cm³/mol. The Morgan fingerprint density at radius 2 is 2.25 bits per heavy atom. The van der Waals surface area contributed by atoms with Crippen molar-refractivity contribution >= 4 is 17.5 Å². The number of halogens is 2. The van der Waals surface area contributed by atoms with Crippen LogP contribution < -0.4 is 5.32 Å². The first-order valence-corrected chi connectivity index (χ1v) is 3.70. The summed E-state index contributed by atoms with van der Waals surface area (Å²) in [5.41, 5.74) is -0.0370. The third-order valence-corrected chi connectivity index (χ3v) is 1.64. The van der Waals surface area contributed by atoms with Crippen molar-refractivity contribution in [2.45, 2.75) is 0 Å². The van der Waals surface area contributed by atoms with Gasteiger partial charge in [-0.3, -0.25) is 4.79 Å². The van der Waals surface area contributed by atoms with Crippen molar-refractivity contribution in [3.05, 3.63) is 34.6 Å². The molecule has 4 heteroatoms. The number of amides is 1. The van der Waals surface area contributed by atoms with Crippen LogP contribution in [0.3, 0.4) is 0 Å². The van der Waals surface area contributed by atoms with Crippen LogP contribution in [0.4, 0.5) is 4.39 Å². The minimum Gasteiger partial charge on any atom is -0.355 e. The van der Waals surface area contributed by atoms with Gasteiger partial charge in [0.2, 0.25) is 0 Å². The maximum Gasteiger partial charge on any atom is 0.254 e. The van der Waals surface area contributed by atoms with Gasteiger partial charge in [-0.05, 0) is 18.2 Å². The Kier molecular flexibility index (Phi) is 2.65. The van der Waals surface area contributed by atoms with Gasteiger partial charge in [0.05, 0.1) is 5.56 Å². The summed E-state index contributed by atoms with van der Waals surface area (Å²) >= 11 is 5.57. The van der Waals surface area contributed by atoms with Crippen LogP contribution in [0, 0.1) is 5.82 Å². The Bertz CT molecular complexity index is 314. The molecule has 1 rings (SSSR count). The normalized spacial score (nSPS) is 9.58. The summed E-state index contributed by atoms with van der Waals surface area (Å²) in [6.45, 7) is 0. The standard InChI is InChI=1S/C8H7ClFNO/c1-11-8(12)6-4-5(9)2-3-7(6)10/h2-4H,1H3,(H,11,12). The molecule has 0 saturated carbocycles. The first-order valence-electron chi connectivity index (χ1n) is 3.32. The number of hydrogen-bond donors (Lipinski definition) is 1. The molecule has 1 aromatic rings. The molecule has 1 N–H and O–H groups in total. The van der Waals surface area contributed by atoms with Crippen LogP contribution in [0.25, 0.3) is 0 Å². The van der Waals surface area contributed by atoms with Gasteiger partial charge in [-0.15, -0.1) is 0 Å². The molecule has 1 amide bonds. The van der Waals surface area contributed by atoms with E-state index in [1.807, 2.05) is 0 Å². The summed E-state index contributed by atoms with van der Waals surface area (Å²) < 4.78 is 12.9. The highest BCUT2D eigenvalue weighted by Gasteiger charge is 2.09. The van der Waals surface area contributed by atoms with Crippen molar-refractivity contribution in [1.29, 1.82) is 0 Å². The van der Waals surface area contributed by atoms with Crippen molar-refractivity contribution in [2.24, 2.45) is 0 Å². The van der Waals surface area contributed by atoms with E-state index < -0.39 is 11.7 Å². The van der Waals surface area contributed by atoms with E-state index in [9.17, 15) is 9.18 Å². The quantitative estimate of drug-likeness (QED) is 0.714. The van der Waals surface area contributed by atoms with Crippen molar-refractivity contribution in [2.75, 3.05) is 7.05 Å². The second-order valence-electron chi connectivity index (χ2n) is 2.20. The Labute approximate surface area is 74.3 Å². The zero-order valence-corrected chi connectivity index (χ0v) is 7.15. The van der Waals surface area contributed by atoms with Gasteiger partial charge in [-0.2, -0.15) is 0 Å². The summed E-state index contributed by atoms with van der Waals surface area (Å²) in [4.78, 5) is 11.0. The van der Waals surface area contributed by atoms with Gasteiger partial charge < -0.3 is 5.32 Å². The van der Waals surface area contributed by atoms with Crippen molar-refractivity contribution in [3.63, 3.8) is 0 Å². The number of rotatable bonds is 1. The maximum absolute atomic E-state index is 12.9. The average Bonchev–Trinajstić information content (AvgIpc) is 2.08. The van der Waals surface area contributed by atoms with E-state index in [0.29, 0.717) is 5.02 Å². The molecule has 64 valence electrons. The first-order chi connectivity index (χ1) is 5.65. The second-order valence-corrected chi connectivity index (χ2v) is 2.64. The molecule has 0 aliphatic carbocycles. The average molecular weight is 188 g/mol. The lowest BCUT2D eigenvalue weighted by atomic mass is 10.2. The van der Waals surface area contributed by atoms with Gasteiger partial charge in [0.25, 0.3) is 5.91 Å². The number of carbonyl (C=O) groups is 1. The van der Waals surface area contributed by atoms with Crippen LogP contribution in [0.15, 0.2) is 18.2 Å². The Morgan fingerprint density at radius 3 is 2.83 bits per heavy atom. The first kappa shape index (κ1) is 9.00. The zero-order valence-electron chi connectivity index (χ0n) is 6.40. The van der Waals surface area contributed by atoms with E-state index in [1.54, 1.807) is 0 Å². The molecule has 2 nitrogen and oxygen atoms in total. The van der Waals surface area contributed by atoms with Crippen LogP contribution >= 0.6 is 11.6 Å². The molecular weight excluding hydrogens is 181 g/mol. The molecule has 0 radical (unpaired) electrons. The Balaban J connectivity index is 3.13. The van der Waals surface area contributed by atoms with Crippen LogP contribution in [0.2, 0.25) is 5.02 Å².